The zero-order chi connectivity index (χ0) is 16.1. The van der Waals surface area contributed by atoms with Gasteiger partial charge in [-0.1, -0.05) is 41.0 Å². The maximum Gasteiger partial charge on any atom is 0.246 e. The summed E-state index contributed by atoms with van der Waals surface area (Å²) in [4.78, 5) is 17.0. The summed E-state index contributed by atoms with van der Waals surface area (Å²) in [5, 5.41) is 9.09. The largest absolute Gasteiger partial charge is 0.343 e. The highest BCUT2D eigenvalue weighted by atomic mass is 35.5. The molecule has 3 aromatic rings. The van der Waals surface area contributed by atoms with Gasteiger partial charge in [-0.25, -0.2) is 0 Å². The quantitative estimate of drug-likeness (QED) is 0.714. The lowest BCUT2D eigenvalue weighted by Crippen LogP contribution is -2.20. The molecule has 0 spiro atoms. The molecule has 5 nitrogen and oxygen atoms in total. The van der Waals surface area contributed by atoms with Crippen molar-refractivity contribution in [3.05, 3.63) is 64.3 Å². The molecule has 1 aromatic carbocycles. The van der Waals surface area contributed by atoms with Crippen molar-refractivity contribution in [3.8, 4) is 10.7 Å². The molecule has 0 fully saturated rings. The zero-order valence-corrected chi connectivity index (χ0v) is 13.5. The highest BCUT2D eigenvalue weighted by Crippen LogP contribution is 2.21. The Hall–Kier alpha value is -2.44. The molecule has 0 atom stereocenters. The number of hydrogen-bond acceptors (Lipinski definition) is 5. The number of nitrogens with one attached hydrogen (secondary N) is 1. The fourth-order valence-corrected chi connectivity index (χ4v) is 2.68. The summed E-state index contributed by atoms with van der Waals surface area (Å²) >= 11 is 7.54. The summed E-state index contributed by atoms with van der Waals surface area (Å²) < 4.78 is 5.11. The van der Waals surface area contributed by atoms with Crippen molar-refractivity contribution in [2.75, 3.05) is 0 Å². The molecule has 3 rings (SSSR count). The van der Waals surface area contributed by atoms with Gasteiger partial charge < -0.3 is 9.84 Å². The number of carbonyl (C=O) groups is 1. The minimum absolute atomic E-state index is 0.171. The van der Waals surface area contributed by atoms with Gasteiger partial charge in [0.25, 0.3) is 0 Å². The van der Waals surface area contributed by atoms with Crippen LogP contribution in [0.5, 0.6) is 0 Å². The molecule has 0 aliphatic rings. The van der Waals surface area contributed by atoms with Crippen LogP contribution in [0.25, 0.3) is 16.8 Å². The molecule has 1 N–H and O–H groups in total. The number of thiophene rings is 1. The second-order valence-corrected chi connectivity index (χ2v) is 5.92. The fourth-order valence-electron chi connectivity index (χ4n) is 1.83. The Bertz CT molecular complexity index is 827. The monoisotopic (exact) mass is 345 g/mol. The predicted octanol–water partition coefficient (Wildman–Crippen LogP) is 3.78. The number of benzene rings is 1. The lowest BCUT2D eigenvalue weighted by atomic mass is 10.2. The number of aromatic nitrogens is 2. The molecule has 7 heteroatoms. The van der Waals surface area contributed by atoms with Gasteiger partial charge in [0.15, 0.2) is 0 Å². The molecule has 0 aliphatic heterocycles. The normalized spacial score (nSPS) is 11.0. The van der Waals surface area contributed by atoms with Crippen molar-refractivity contribution in [3.63, 3.8) is 0 Å². The number of amides is 1. The van der Waals surface area contributed by atoms with Gasteiger partial charge >= 0.3 is 0 Å². The lowest BCUT2D eigenvalue weighted by Gasteiger charge is -1.98. The predicted molar refractivity (Wildman–Crippen MR) is 89.9 cm³/mol. The second-order valence-electron chi connectivity index (χ2n) is 4.56. The van der Waals surface area contributed by atoms with Gasteiger partial charge in [-0.05, 0) is 29.2 Å². The maximum atomic E-state index is 11.8. The molecule has 2 heterocycles. The highest BCUT2D eigenvalue weighted by molar-refractivity contribution is 7.13. The average Bonchev–Trinajstić information content (AvgIpc) is 3.23. The van der Waals surface area contributed by atoms with E-state index in [1.807, 2.05) is 35.7 Å². The maximum absolute atomic E-state index is 11.8. The van der Waals surface area contributed by atoms with Crippen molar-refractivity contribution >= 4 is 34.9 Å². The third-order valence-corrected chi connectivity index (χ3v) is 4.15. The van der Waals surface area contributed by atoms with Gasteiger partial charge in [0.2, 0.25) is 17.6 Å². The van der Waals surface area contributed by atoms with E-state index in [4.69, 9.17) is 16.1 Å². The fraction of sp³-hybridized carbons (Fsp3) is 0.0625. The first-order valence-corrected chi connectivity index (χ1v) is 8.05. The van der Waals surface area contributed by atoms with Crippen molar-refractivity contribution in [2.24, 2.45) is 0 Å². The SMILES string of the molecule is O=C(/C=C/c1ccccc1Cl)NCc1nc(-c2cccs2)no1. The molecule has 0 saturated heterocycles. The first kappa shape index (κ1) is 15.5. The smallest absolute Gasteiger partial charge is 0.246 e. The van der Waals surface area contributed by atoms with E-state index in [1.165, 1.54) is 17.4 Å². The number of halogens is 1. The Balaban J connectivity index is 1.56. The number of hydrogen-bond donors (Lipinski definition) is 1. The highest BCUT2D eigenvalue weighted by Gasteiger charge is 2.09. The first-order valence-electron chi connectivity index (χ1n) is 6.79. The van der Waals surface area contributed by atoms with Crippen LogP contribution in [0.4, 0.5) is 0 Å². The van der Waals surface area contributed by atoms with Gasteiger partial charge in [0.05, 0.1) is 11.4 Å². The van der Waals surface area contributed by atoms with Gasteiger partial charge in [-0.3, -0.25) is 4.79 Å². The van der Waals surface area contributed by atoms with Crippen LogP contribution in [-0.4, -0.2) is 16.0 Å². The molecule has 0 unspecified atom stereocenters. The topological polar surface area (TPSA) is 68.0 Å². The van der Waals surface area contributed by atoms with Crippen LogP contribution >= 0.6 is 22.9 Å². The molecular formula is C16H12ClN3O2S. The number of carbonyl (C=O) groups excluding carboxylic acids is 1. The third kappa shape index (κ3) is 4.06. The minimum atomic E-state index is -0.263. The van der Waals surface area contributed by atoms with Gasteiger partial charge in [0, 0.05) is 11.1 Å². The van der Waals surface area contributed by atoms with E-state index >= 15 is 0 Å². The molecule has 23 heavy (non-hydrogen) atoms. The molecule has 116 valence electrons. The Kier molecular flexibility index (Phi) is 4.85. The summed E-state index contributed by atoms with van der Waals surface area (Å²) in [6, 6.07) is 11.1. The summed E-state index contributed by atoms with van der Waals surface area (Å²) in [6.07, 6.45) is 3.07. The molecule has 0 aliphatic carbocycles. The summed E-state index contributed by atoms with van der Waals surface area (Å²) in [7, 11) is 0. The summed E-state index contributed by atoms with van der Waals surface area (Å²) in [5.41, 5.74) is 0.780. The van der Waals surface area contributed by atoms with Crippen molar-refractivity contribution in [1.29, 1.82) is 0 Å². The first-order chi connectivity index (χ1) is 11.2. The van der Waals surface area contributed by atoms with Gasteiger partial charge in [0.1, 0.15) is 0 Å². The van der Waals surface area contributed by atoms with E-state index in [1.54, 1.807) is 12.1 Å². The molecular weight excluding hydrogens is 334 g/mol. The summed E-state index contributed by atoms with van der Waals surface area (Å²) in [6.45, 7) is 0.171. The van der Waals surface area contributed by atoms with E-state index in [0.29, 0.717) is 16.7 Å². The van der Waals surface area contributed by atoms with E-state index < -0.39 is 0 Å². The van der Waals surface area contributed by atoms with Crippen molar-refractivity contribution < 1.29 is 9.32 Å². The van der Waals surface area contributed by atoms with Crippen LogP contribution in [-0.2, 0) is 11.3 Å². The van der Waals surface area contributed by atoms with Crippen LogP contribution in [0.1, 0.15) is 11.5 Å². The van der Waals surface area contributed by atoms with E-state index in [-0.39, 0.29) is 12.5 Å². The van der Waals surface area contributed by atoms with Crippen LogP contribution in [0.2, 0.25) is 5.02 Å². The van der Waals surface area contributed by atoms with Crippen LogP contribution in [0, 0.1) is 0 Å². The molecule has 0 saturated carbocycles. The zero-order valence-electron chi connectivity index (χ0n) is 11.9. The molecule has 0 bridgehead atoms. The van der Waals surface area contributed by atoms with E-state index in [9.17, 15) is 4.79 Å². The van der Waals surface area contributed by atoms with Crippen LogP contribution in [0.15, 0.2) is 52.4 Å². The van der Waals surface area contributed by atoms with E-state index in [0.717, 1.165) is 10.4 Å². The Morgan fingerprint density at radius 1 is 1.30 bits per heavy atom. The van der Waals surface area contributed by atoms with Crippen molar-refractivity contribution in [2.45, 2.75) is 6.54 Å². The number of rotatable bonds is 5. The summed E-state index contributed by atoms with van der Waals surface area (Å²) in [5.74, 6) is 0.615. The Morgan fingerprint density at radius 2 is 2.17 bits per heavy atom. The van der Waals surface area contributed by atoms with Crippen molar-refractivity contribution in [1.82, 2.24) is 15.5 Å². The average molecular weight is 346 g/mol. The molecule has 1 amide bonds. The molecule has 2 aromatic heterocycles. The Morgan fingerprint density at radius 3 is 2.96 bits per heavy atom. The van der Waals surface area contributed by atoms with Gasteiger partial charge in [-0.2, -0.15) is 4.98 Å². The standard InChI is InChI=1S/C16H12ClN3O2S/c17-12-5-2-1-4-11(12)7-8-14(21)18-10-15-19-16(20-22-15)13-6-3-9-23-13/h1-9H,10H2,(H,18,21)/b8-7+. The van der Waals surface area contributed by atoms with E-state index in [2.05, 4.69) is 15.5 Å². The van der Waals surface area contributed by atoms with Gasteiger partial charge in [-0.15, -0.1) is 11.3 Å². The second kappa shape index (κ2) is 7.21. The minimum Gasteiger partial charge on any atom is -0.343 e. The third-order valence-electron chi connectivity index (χ3n) is 2.94. The number of nitrogens with zero attached hydrogens (tertiary/aromatic N) is 2. The van der Waals surface area contributed by atoms with Crippen LogP contribution in [0.3, 0.4) is 0 Å². The lowest BCUT2D eigenvalue weighted by molar-refractivity contribution is -0.116. The van der Waals surface area contributed by atoms with Crippen LogP contribution < -0.4 is 5.32 Å². The molecule has 0 radical (unpaired) electrons. The Labute approximate surface area is 141 Å².